The van der Waals surface area contributed by atoms with Gasteiger partial charge in [0.1, 0.15) is 5.78 Å². The highest BCUT2D eigenvalue weighted by Crippen LogP contribution is 2.59. The van der Waals surface area contributed by atoms with Gasteiger partial charge in [-0.1, -0.05) is 146 Å². The van der Waals surface area contributed by atoms with Crippen molar-refractivity contribution in [3.05, 3.63) is 157 Å². The van der Waals surface area contributed by atoms with Gasteiger partial charge in [-0.25, -0.2) is 0 Å². The van der Waals surface area contributed by atoms with Crippen LogP contribution < -0.4 is 10.6 Å². The van der Waals surface area contributed by atoms with E-state index in [0.29, 0.717) is 10.6 Å². The molecular weight excluding hydrogens is 461 g/mol. The second kappa shape index (κ2) is 10.9. The summed E-state index contributed by atoms with van der Waals surface area (Å²) < 4.78 is 15.5. The Kier molecular flexibility index (Phi) is 7.25. The normalized spacial score (nSPS) is 12.4. The van der Waals surface area contributed by atoms with Gasteiger partial charge in [-0.2, -0.15) is 5.06 Å². The lowest BCUT2D eigenvalue weighted by molar-refractivity contribution is -0.114. The fourth-order valence-corrected chi connectivity index (χ4v) is 7.90. The molecule has 1 atom stereocenters. The highest BCUT2D eigenvalue weighted by Gasteiger charge is 2.42. The summed E-state index contributed by atoms with van der Waals surface area (Å²) in [6.07, 6.45) is 0. The van der Waals surface area contributed by atoms with Crippen molar-refractivity contribution in [2.45, 2.75) is 12.3 Å². The van der Waals surface area contributed by atoms with Crippen molar-refractivity contribution in [1.82, 2.24) is 5.06 Å². The molecule has 0 amide bonds. The maximum atomic E-state index is 15.5. The highest BCUT2D eigenvalue weighted by atomic mass is 31.2. The first-order chi connectivity index (χ1) is 17.7. The first-order valence-corrected chi connectivity index (χ1v) is 13.8. The molecule has 0 aromatic heterocycles. The molecule has 0 spiro atoms. The van der Waals surface area contributed by atoms with E-state index in [1.54, 1.807) is 0 Å². The molecule has 5 aromatic rings. The molecule has 0 saturated carbocycles. The van der Waals surface area contributed by atoms with Crippen LogP contribution >= 0.6 is 7.14 Å². The fourth-order valence-electron chi connectivity index (χ4n) is 4.73. The summed E-state index contributed by atoms with van der Waals surface area (Å²) in [5.41, 5.74) is 3.72. The Morgan fingerprint density at radius 1 is 0.583 bits per heavy atom. The van der Waals surface area contributed by atoms with Crippen LogP contribution in [0, 0.1) is 0 Å². The molecule has 5 aromatic carbocycles. The van der Waals surface area contributed by atoms with Crippen LogP contribution in [0.5, 0.6) is 0 Å². The average Bonchev–Trinajstić information content (AvgIpc) is 2.95. The quantitative estimate of drug-likeness (QED) is 0.184. The second-order valence-corrected chi connectivity index (χ2v) is 11.6. The number of benzene rings is 5. The van der Waals surface area contributed by atoms with Crippen molar-refractivity contribution >= 4 is 17.8 Å². The van der Waals surface area contributed by atoms with E-state index < -0.39 is 12.9 Å². The third kappa shape index (κ3) is 4.82. The molecular formula is C32H28NO2P. The smallest absolute Gasteiger partial charge is 0.166 e. The molecule has 0 radical (unpaired) electrons. The van der Waals surface area contributed by atoms with Crippen molar-refractivity contribution < 1.29 is 9.77 Å². The largest absolute Gasteiger partial charge is 0.313 e. The monoisotopic (exact) mass is 489 g/mol. The van der Waals surface area contributed by atoms with Crippen molar-refractivity contribution in [2.24, 2.45) is 0 Å². The third-order valence-corrected chi connectivity index (χ3v) is 9.78. The van der Waals surface area contributed by atoms with Gasteiger partial charge >= 0.3 is 0 Å². The summed E-state index contributed by atoms with van der Waals surface area (Å²) in [5, 5.41) is 14.5. The summed E-state index contributed by atoms with van der Waals surface area (Å²) in [6, 6.07) is 46.9. The molecule has 4 heteroatoms. The molecule has 178 valence electrons. The summed E-state index contributed by atoms with van der Waals surface area (Å²) >= 11 is 0. The lowest BCUT2D eigenvalue weighted by Crippen LogP contribution is -2.32. The third-order valence-electron chi connectivity index (χ3n) is 6.42. The molecule has 0 aliphatic carbocycles. The lowest BCUT2D eigenvalue weighted by Gasteiger charge is -2.35. The molecule has 5 rings (SSSR count). The van der Waals surface area contributed by atoms with Crippen molar-refractivity contribution in [3.63, 3.8) is 0 Å². The zero-order valence-electron chi connectivity index (χ0n) is 19.9. The van der Waals surface area contributed by atoms with E-state index >= 15 is 4.57 Å². The molecule has 0 bridgehead atoms. The Labute approximate surface area is 212 Å². The Hall–Kier alpha value is -3.75. The van der Waals surface area contributed by atoms with E-state index in [9.17, 15) is 5.21 Å². The van der Waals surface area contributed by atoms with Gasteiger partial charge in [0.25, 0.3) is 0 Å². The van der Waals surface area contributed by atoms with Crippen molar-refractivity contribution in [3.8, 4) is 11.1 Å². The minimum Gasteiger partial charge on any atom is -0.313 e. The number of hydrogen-bond donors (Lipinski definition) is 1. The number of nitrogens with zero attached hydrogens (tertiary/aromatic N) is 1. The number of hydrogen-bond acceptors (Lipinski definition) is 3. The minimum absolute atomic E-state index is 0.234. The van der Waals surface area contributed by atoms with Crippen LogP contribution in [-0.4, -0.2) is 10.3 Å². The summed E-state index contributed by atoms with van der Waals surface area (Å²) in [6.45, 7) is 0.234. The summed E-state index contributed by atoms with van der Waals surface area (Å²) in [5.74, 6) is -0.807. The van der Waals surface area contributed by atoms with Gasteiger partial charge in [0.05, 0.1) is 6.54 Å². The van der Waals surface area contributed by atoms with Crippen LogP contribution in [-0.2, 0) is 11.1 Å². The van der Waals surface area contributed by atoms with Crippen LogP contribution in [0.3, 0.4) is 0 Å². The van der Waals surface area contributed by atoms with Gasteiger partial charge in [0.2, 0.25) is 0 Å². The van der Waals surface area contributed by atoms with Gasteiger partial charge < -0.3 is 9.77 Å². The van der Waals surface area contributed by atoms with Crippen molar-refractivity contribution in [1.29, 1.82) is 0 Å². The predicted molar refractivity (Wildman–Crippen MR) is 148 cm³/mol. The van der Waals surface area contributed by atoms with E-state index in [0.717, 1.165) is 22.3 Å². The van der Waals surface area contributed by atoms with E-state index in [4.69, 9.17) is 0 Å². The van der Waals surface area contributed by atoms with Gasteiger partial charge in [-0.05, 0) is 22.3 Å². The lowest BCUT2D eigenvalue weighted by atomic mass is 9.99. The molecule has 1 N–H and O–H groups in total. The van der Waals surface area contributed by atoms with Gasteiger partial charge in [-0.15, -0.1) is 0 Å². The Morgan fingerprint density at radius 3 is 1.58 bits per heavy atom. The van der Waals surface area contributed by atoms with Crippen LogP contribution in [0.25, 0.3) is 11.1 Å². The molecule has 0 fully saturated rings. The molecule has 36 heavy (non-hydrogen) atoms. The molecule has 0 saturated heterocycles. The molecule has 0 aliphatic heterocycles. The maximum Gasteiger partial charge on any atom is 0.166 e. The van der Waals surface area contributed by atoms with Crippen LogP contribution in [0.1, 0.15) is 16.9 Å². The zero-order valence-corrected chi connectivity index (χ0v) is 20.8. The fraction of sp³-hybridized carbons (Fsp3) is 0.0625. The molecule has 1 unspecified atom stereocenters. The van der Waals surface area contributed by atoms with E-state index in [1.165, 1.54) is 5.06 Å². The SMILES string of the molecule is O=P(c1ccccc1)(c1ccccc1)C(c1ccccc1-c1ccccc1)N(O)Cc1ccccc1. The minimum atomic E-state index is -3.42. The van der Waals surface area contributed by atoms with Crippen LogP contribution in [0.4, 0.5) is 0 Å². The summed E-state index contributed by atoms with van der Waals surface area (Å²) in [7, 11) is -3.42. The van der Waals surface area contributed by atoms with Gasteiger partial charge in [0, 0.05) is 10.6 Å². The van der Waals surface area contributed by atoms with E-state index in [2.05, 4.69) is 0 Å². The Bertz CT molecular complexity index is 1400. The predicted octanol–water partition coefficient (Wildman–Crippen LogP) is 7.26. The molecule has 0 heterocycles. The van der Waals surface area contributed by atoms with Crippen molar-refractivity contribution in [2.75, 3.05) is 0 Å². The standard InChI is InChI=1S/C32H28NO2P/c34-33(25-26-15-5-1-6-16-26)32(31-24-14-13-23-30(31)27-17-7-2-8-18-27)36(35,28-19-9-3-10-20-28)29-21-11-4-12-22-29/h1-24,32,34H,25H2. The Balaban J connectivity index is 1.76. The maximum absolute atomic E-state index is 15.5. The topological polar surface area (TPSA) is 40.5 Å². The molecule has 0 aliphatic rings. The van der Waals surface area contributed by atoms with Crippen LogP contribution in [0.2, 0.25) is 0 Å². The van der Waals surface area contributed by atoms with E-state index in [-0.39, 0.29) is 6.54 Å². The summed E-state index contributed by atoms with van der Waals surface area (Å²) in [4.78, 5) is 0. The average molecular weight is 490 g/mol. The van der Waals surface area contributed by atoms with Gasteiger partial charge in [0.15, 0.2) is 7.14 Å². The molecule has 3 nitrogen and oxygen atoms in total. The Morgan fingerprint density at radius 2 is 1.03 bits per heavy atom. The van der Waals surface area contributed by atoms with Gasteiger partial charge in [-0.3, -0.25) is 0 Å². The number of rotatable bonds is 8. The second-order valence-electron chi connectivity index (χ2n) is 8.74. The number of hydroxylamine groups is 2. The van der Waals surface area contributed by atoms with Crippen LogP contribution in [0.15, 0.2) is 146 Å². The zero-order chi connectivity index (χ0) is 24.8. The first-order valence-electron chi connectivity index (χ1n) is 12.0. The first kappa shape index (κ1) is 24.0. The van der Waals surface area contributed by atoms with E-state index in [1.807, 2.05) is 146 Å². The highest BCUT2D eigenvalue weighted by molar-refractivity contribution is 7.79.